The molecule has 1 fully saturated rings. The van der Waals surface area contributed by atoms with Crippen molar-refractivity contribution in [3.63, 3.8) is 0 Å². The molecule has 0 aromatic carbocycles. The van der Waals surface area contributed by atoms with Crippen LogP contribution in [0.15, 0.2) is 0 Å². The number of carbonyl (C=O) groups excluding carboxylic acids is 2. The van der Waals surface area contributed by atoms with Crippen molar-refractivity contribution in [2.75, 3.05) is 7.11 Å². The van der Waals surface area contributed by atoms with E-state index in [4.69, 9.17) is 4.74 Å². The Hall–Kier alpha value is -1.06. The van der Waals surface area contributed by atoms with E-state index >= 15 is 0 Å². The van der Waals surface area contributed by atoms with Gasteiger partial charge in [0.25, 0.3) is 0 Å². The van der Waals surface area contributed by atoms with Gasteiger partial charge in [0.2, 0.25) is 0 Å². The maximum atomic E-state index is 11.2. The second-order valence-electron chi connectivity index (χ2n) is 3.65. The average Bonchev–Trinajstić information content (AvgIpc) is 2.45. The predicted octanol–water partition coefficient (Wildman–Crippen LogP) is 1.28. The van der Waals surface area contributed by atoms with Crippen LogP contribution in [-0.4, -0.2) is 25.2 Å². The van der Waals surface area contributed by atoms with Crippen molar-refractivity contribution in [1.29, 1.82) is 0 Å². The zero-order valence-electron chi connectivity index (χ0n) is 8.62. The number of cyclic esters (lactones) is 1. The highest BCUT2D eigenvalue weighted by molar-refractivity contribution is 5.74. The van der Waals surface area contributed by atoms with Crippen molar-refractivity contribution in [3.05, 3.63) is 0 Å². The van der Waals surface area contributed by atoms with Gasteiger partial charge in [-0.15, -0.1) is 0 Å². The van der Waals surface area contributed by atoms with E-state index in [0.29, 0.717) is 12.8 Å². The molecule has 1 aliphatic heterocycles. The van der Waals surface area contributed by atoms with E-state index in [1.807, 2.05) is 6.92 Å². The van der Waals surface area contributed by atoms with Crippen LogP contribution in [0.25, 0.3) is 0 Å². The molecule has 4 heteroatoms. The van der Waals surface area contributed by atoms with E-state index in [1.54, 1.807) is 0 Å². The Morgan fingerprint density at radius 3 is 2.86 bits per heavy atom. The lowest BCUT2D eigenvalue weighted by Crippen LogP contribution is -2.08. The van der Waals surface area contributed by atoms with Crippen LogP contribution < -0.4 is 0 Å². The van der Waals surface area contributed by atoms with Crippen LogP contribution in [-0.2, 0) is 19.1 Å². The molecule has 0 N–H and O–H groups in total. The Labute approximate surface area is 83.6 Å². The maximum Gasteiger partial charge on any atom is 0.309 e. The summed E-state index contributed by atoms with van der Waals surface area (Å²) < 4.78 is 9.51. The molecule has 80 valence electrons. The SMILES string of the molecule is COC(=O)CCC[C@@H]1C[C@@H](C)OC1=O. The Bertz CT molecular complexity index is 224. The molecule has 0 aromatic heterocycles. The number of rotatable bonds is 4. The van der Waals surface area contributed by atoms with E-state index < -0.39 is 0 Å². The van der Waals surface area contributed by atoms with Crippen LogP contribution in [0.2, 0.25) is 0 Å². The quantitative estimate of drug-likeness (QED) is 0.641. The molecule has 2 atom stereocenters. The molecule has 0 spiro atoms. The molecule has 14 heavy (non-hydrogen) atoms. The Morgan fingerprint density at radius 1 is 1.64 bits per heavy atom. The fourth-order valence-electron chi connectivity index (χ4n) is 1.67. The highest BCUT2D eigenvalue weighted by atomic mass is 16.5. The smallest absolute Gasteiger partial charge is 0.309 e. The van der Waals surface area contributed by atoms with Crippen molar-refractivity contribution in [3.8, 4) is 0 Å². The van der Waals surface area contributed by atoms with Crippen LogP contribution in [0.1, 0.15) is 32.6 Å². The third kappa shape index (κ3) is 3.01. The molecule has 1 saturated heterocycles. The third-order valence-electron chi connectivity index (χ3n) is 2.43. The summed E-state index contributed by atoms with van der Waals surface area (Å²) in [6.45, 7) is 1.89. The normalized spacial score (nSPS) is 26.0. The van der Waals surface area contributed by atoms with Gasteiger partial charge in [-0.3, -0.25) is 9.59 Å². The van der Waals surface area contributed by atoms with Gasteiger partial charge < -0.3 is 9.47 Å². The molecule has 0 bridgehead atoms. The second-order valence-corrected chi connectivity index (χ2v) is 3.65. The summed E-state index contributed by atoms with van der Waals surface area (Å²) in [5.41, 5.74) is 0. The van der Waals surface area contributed by atoms with E-state index in [-0.39, 0.29) is 24.0 Å². The first-order valence-electron chi connectivity index (χ1n) is 4.90. The summed E-state index contributed by atoms with van der Waals surface area (Å²) in [5, 5.41) is 0. The summed E-state index contributed by atoms with van der Waals surface area (Å²) in [6, 6.07) is 0. The molecule has 0 amide bonds. The Balaban J connectivity index is 2.19. The average molecular weight is 200 g/mol. The lowest BCUT2D eigenvalue weighted by Gasteiger charge is -2.03. The Morgan fingerprint density at radius 2 is 2.36 bits per heavy atom. The number of ether oxygens (including phenoxy) is 2. The van der Waals surface area contributed by atoms with Crippen molar-refractivity contribution in [2.45, 2.75) is 38.7 Å². The summed E-state index contributed by atoms with van der Waals surface area (Å²) in [4.78, 5) is 22.0. The number of hydrogen-bond acceptors (Lipinski definition) is 4. The summed E-state index contributed by atoms with van der Waals surface area (Å²) >= 11 is 0. The van der Waals surface area contributed by atoms with Crippen molar-refractivity contribution in [1.82, 2.24) is 0 Å². The molecule has 1 heterocycles. The van der Waals surface area contributed by atoms with Gasteiger partial charge in [0.15, 0.2) is 0 Å². The van der Waals surface area contributed by atoms with Crippen molar-refractivity contribution in [2.24, 2.45) is 5.92 Å². The first-order chi connectivity index (χ1) is 6.63. The van der Waals surface area contributed by atoms with Crippen LogP contribution in [0.3, 0.4) is 0 Å². The topological polar surface area (TPSA) is 52.6 Å². The summed E-state index contributed by atoms with van der Waals surface area (Å²) in [7, 11) is 1.37. The van der Waals surface area contributed by atoms with E-state index in [1.165, 1.54) is 7.11 Å². The van der Waals surface area contributed by atoms with Gasteiger partial charge in [-0.05, 0) is 26.2 Å². The van der Waals surface area contributed by atoms with Crippen molar-refractivity contribution < 1.29 is 19.1 Å². The van der Waals surface area contributed by atoms with Gasteiger partial charge in [0.1, 0.15) is 0 Å². The molecule has 0 unspecified atom stereocenters. The largest absolute Gasteiger partial charge is 0.469 e. The zero-order valence-corrected chi connectivity index (χ0v) is 8.62. The molecule has 0 aromatic rings. The second kappa shape index (κ2) is 4.98. The first-order valence-corrected chi connectivity index (χ1v) is 4.90. The molecule has 0 radical (unpaired) electrons. The fourth-order valence-corrected chi connectivity index (χ4v) is 1.67. The van der Waals surface area contributed by atoms with Gasteiger partial charge in [-0.25, -0.2) is 0 Å². The van der Waals surface area contributed by atoms with Crippen LogP contribution >= 0.6 is 0 Å². The van der Waals surface area contributed by atoms with Gasteiger partial charge in [0.05, 0.1) is 19.1 Å². The predicted molar refractivity (Wildman–Crippen MR) is 49.5 cm³/mol. The van der Waals surface area contributed by atoms with Gasteiger partial charge in [0, 0.05) is 6.42 Å². The van der Waals surface area contributed by atoms with E-state index in [2.05, 4.69) is 4.74 Å². The molecule has 1 rings (SSSR count). The first kappa shape index (κ1) is 11.0. The van der Waals surface area contributed by atoms with E-state index in [9.17, 15) is 9.59 Å². The summed E-state index contributed by atoms with van der Waals surface area (Å²) in [6.07, 6.45) is 2.61. The van der Waals surface area contributed by atoms with Crippen LogP contribution in [0.5, 0.6) is 0 Å². The number of esters is 2. The molecular weight excluding hydrogens is 184 g/mol. The number of carbonyl (C=O) groups is 2. The maximum absolute atomic E-state index is 11.2. The molecule has 0 saturated carbocycles. The lowest BCUT2D eigenvalue weighted by atomic mass is 9.99. The summed E-state index contributed by atoms with van der Waals surface area (Å²) in [5.74, 6) is -0.360. The zero-order chi connectivity index (χ0) is 10.6. The minimum atomic E-state index is -0.218. The van der Waals surface area contributed by atoms with E-state index in [0.717, 1.165) is 12.8 Å². The van der Waals surface area contributed by atoms with Crippen molar-refractivity contribution >= 4 is 11.9 Å². The van der Waals surface area contributed by atoms with Gasteiger partial charge in [-0.1, -0.05) is 0 Å². The number of methoxy groups -OCH3 is 1. The Kier molecular flexibility index (Phi) is 3.92. The minimum Gasteiger partial charge on any atom is -0.469 e. The lowest BCUT2D eigenvalue weighted by molar-refractivity contribution is -0.145. The standard InChI is InChI=1S/C10H16O4/c1-7-6-8(10(12)14-7)4-3-5-9(11)13-2/h7-8H,3-6H2,1-2H3/t7-,8-/m1/s1. The molecular formula is C10H16O4. The highest BCUT2D eigenvalue weighted by Crippen LogP contribution is 2.25. The third-order valence-corrected chi connectivity index (χ3v) is 2.43. The van der Waals surface area contributed by atoms with Crippen LogP contribution in [0, 0.1) is 5.92 Å². The molecule has 4 nitrogen and oxygen atoms in total. The fraction of sp³-hybridized carbons (Fsp3) is 0.800. The van der Waals surface area contributed by atoms with Gasteiger partial charge >= 0.3 is 11.9 Å². The minimum absolute atomic E-state index is 0.0188. The highest BCUT2D eigenvalue weighted by Gasteiger charge is 2.31. The monoisotopic (exact) mass is 200 g/mol. The molecule has 1 aliphatic rings. The molecule has 0 aliphatic carbocycles. The van der Waals surface area contributed by atoms with Gasteiger partial charge in [-0.2, -0.15) is 0 Å². The number of hydrogen-bond donors (Lipinski definition) is 0. The van der Waals surface area contributed by atoms with Crippen LogP contribution in [0.4, 0.5) is 0 Å².